The lowest BCUT2D eigenvalue weighted by Gasteiger charge is -2.31. The van der Waals surface area contributed by atoms with Crippen LogP contribution in [-0.2, 0) is 11.3 Å². The fourth-order valence-electron chi connectivity index (χ4n) is 3.26. The summed E-state index contributed by atoms with van der Waals surface area (Å²) in [5.41, 5.74) is 2.29. The Balaban J connectivity index is 2.33. The van der Waals surface area contributed by atoms with E-state index in [1.165, 1.54) is 18.2 Å². The van der Waals surface area contributed by atoms with Crippen molar-refractivity contribution in [1.29, 1.82) is 0 Å². The summed E-state index contributed by atoms with van der Waals surface area (Å²) in [5, 5.41) is 2.83. The van der Waals surface area contributed by atoms with Crippen molar-refractivity contribution in [3.8, 4) is 0 Å². The van der Waals surface area contributed by atoms with E-state index in [0.717, 1.165) is 17.7 Å². The minimum Gasteiger partial charge on any atom is -0.377 e. The molecular weight excluding hydrogens is 381 g/mol. The SMILES string of the molecule is CCCN(Cc1cc(NC(=O)c2cccc(F)c2)ccc1N(C)C)C(=O)C(C)(C)C. The van der Waals surface area contributed by atoms with E-state index in [0.29, 0.717) is 18.8 Å². The Morgan fingerprint density at radius 2 is 1.77 bits per heavy atom. The topological polar surface area (TPSA) is 52.7 Å². The molecule has 0 aliphatic rings. The van der Waals surface area contributed by atoms with Crippen molar-refractivity contribution in [2.75, 3.05) is 30.9 Å². The predicted octanol–water partition coefficient (Wildman–Crippen LogP) is 4.93. The van der Waals surface area contributed by atoms with Crippen LogP contribution in [0.5, 0.6) is 0 Å². The molecule has 1 N–H and O–H groups in total. The van der Waals surface area contributed by atoms with E-state index in [9.17, 15) is 14.0 Å². The van der Waals surface area contributed by atoms with E-state index in [1.54, 1.807) is 6.07 Å². The van der Waals surface area contributed by atoms with Crippen molar-refractivity contribution in [1.82, 2.24) is 4.90 Å². The van der Waals surface area contributed by atoms with Crippen LogP contribution < -0.4 is 10.2 Å². The van der Waals surface area contributed by atoms with Crippen LogP contribution in [0.2, 0.25) is 0 Å². The van der Waals surface area contributed by atoms with E-state index in [1.807, 2.05) is 69.8 Å². The number of rotatable bonds is 7. The summed E-state index contributed by atoms with van der Waals surface area (Å²) in [6.07, 6.45) is 0.856. The third kappa shape index (κ3) is 6.05. The molecule has 2 aromatic rings. The molecular formula is C24H32FN3O2. The van der Waals surface area contributed by atoms with Gasteiger partial charge >= 0.3 is 0 Å². The molecule has 0 aliphatic heterocycles. The van der Waals surface area contributed by atoms with Crippen LogP contribution >= 0.6 is 0 Å². The average molecular weight is 414 g/mol. The van der Waals surface area contributed by atoms with Crippen LogP contribution in [0.25, 0.3) is 0 Å². The lowest BCUT2D eigenvalue weighted by atomic mass is 9.94. The number of nitrogens with one attached hydrogen (secondary N) is 1. The number of halogens is 1. The van der Waals surface area contributed by atoms with Gasteiger partial charge in [-0.05, 0) is 48.4 Å². The summed E-state index contributed by atoms with van der Waals surface area (Å²) in [6, 6.07) is 11.2. The molecule has 0 bridgehead atoms. The molecule has 2 rings (SSSR count). The molecule has 0 aromatic heterocycles. The monoisotopic (exact) mass is 413 g/mol. The molecule has 2 amide bonds. The second-order valence-electron chi connectivity index (χ2n) is 8.68. The molecule has 0 fully saturated rings. The van der Waals surface area contributed by atoms with Crippen molar-refractivity contribution < 1.29 is 14.0 Å². The Labute approximate surface area is 178 Å². The van der Waals surface area contributed by atoms with Crippen LogP contribution in [0.1, 0.15) is 50.0 Å². The molecule has 2 aromatic carbocycles. The number of amides is 2. The average Bonchev–Trinajstić information content (AvgIpc) is 2.66. The molecule has 6 heteroatoms. The highest BCUT2D eigenvalue weighted by atomic mass is 19.1. The van der Waals surface area contributed by atoms with Crippen LogP contribution in [0.3, 0.4) is 0 Å². The lowest BCUT2D eigenvalue weighted by molar-refractivity contribution is -0.140. The third-order valence-corrected chi connectivity index (χ3v) is 4.69. The maximum absolute atomic E-state index is 13.4. The second-order valence-corrected chi connectivity index (χ2v) is 8.68. The highest BCUT2D eigenvalue weighted by Crippen LogP contribution is 2.27. The maximum Gasteiger partial charge on any atom is 0.255 e. The summed E-state index contributed by atoms with van der Waals surface area (Å²) < 4.78 is 13.4. The first-order valence-electron chi connectivity index (χ1n) is 10.2. The van der Waals surface area contributed by atoms with E-state index >= 15 is 0 Å². The molecule has 0 atom stereocenters. The minimum atomic E-state index is -0.476. The summed E-state index contributed by atoms with van der Waals surface area (Å²) in [7, 11) is 3.89. The lowest BCUT2D eigenvalue weighted by Crippen LogP contribution is -2.39. The summed E-state index contributed by atoms with van der Waals surface area (Å²) >= 11 is 0. The fourth-order valence-corrected chi connectivity index (χ4v) is 3.26. The largest absolute Gasteiger partial charge is 0.377 e. The molecule has 5 nitrogen and oxygen atoms in total. The first kappa shape index (κ1) is 23.4. The molecule has 0 saturated carbocycles. The first-order valence-corrected chi connectivity index (χ1v) is 10.2. The normalized spacial score (nSPS) is 11.2. The Morgan fingerprint density at radius 1 is 1.07 bits per heavy atom. The molecule has 0 unspecified atom stereocenters. The quantitative estimate of drug-likeness (QED) is 0.700. The number of nitrogens with zero attached hydrogens (tertiary/aromatic N) is 2. The third-order valence-electron chi connectivity index (χ3n) is 4.69. The van der Waals surface area contributed by atoms with Crippen LogP contribution in [0.15, 0.2) is 42.5 Å². The van der Waals surface area contributed by atoms with Crippen molar-refractivity contribution >= 4 is 23.2 Å². The van der Waals surface area contributed by atoms with E-state index in [2.05, 4.69) is 5.32 Å². The Kier molecular flexibility index (Phi) is 7.59. The molecule has 0 heterocycles. The Bertz CT molecular complexity index is 904. The predicted molar refractivity (Wildman–Crippen MR) is 120 cm³/mol. The summed E-state index contributed by atoms with van der Waals surface area (Å²) in [6.45, 7) is 8.90. The number of carbonyl (C=O) groups is 2. The zero-order valence-electron chi connectivity index (χ0n) is 18.8. The number of benzene rings is 2. The van der Waals surface area contributed by atoms with Crippen LogP contribution in [0, 0.1) is 11.2 Å². The Hall–Kier alpha value is -2.89. The van der Waals surface area contributed by atoms with E-state index in [4.69, 9.17) is 0 Å². The van der Waals surface area contributed by atoms with Gasteiger partial charge in [-0.15, -0.1) is 0 Å². The van der Waals surface area contributed by atoms with Crippen molar-refractivity contribution in [3.63, 3.8) is 0 Å². The first-order chi connectivity index (χ1) is 14.0. The van der Waals surface area contributed by atoms with Crippen molar-refractivity contribution in [3.05, 3.63) is 59.4 Å². The number of hydrogen-bond acceptors (Lipinski definition) is 3. The smallest absolute Gasteiger partial charge is 0.255 e. The van der Waals surface area contributed by atoms with Gasteiger partial charge in [0, 0.05) is 49.5 Å². The molecule has 0 radical (unpaired) electrons. The van der Waals surface area contributed by atoms with Gasteiger partial charge in [0.25, 0.3) is 5.91 Å². The van der Waals surface area contributed by atoms with Crippen LogP contribution in [0.4, 0.5) is 15.8 Å². The summed E-state index contributed by atoms with van der Waals surface area (Å²) in [4.78, 5) is 29.3. The highest BCUT2D eigenvalue weighted by Gasteiger charge is 2.27. The fraction of sp³-hybridized carbons (Fsp3) is 0.417. The minimum absolute atomic E-state index is 0.0863. The van der Waals surface area contributed by atoms with Gasteiger partial charge in [-0.1, -0.05) is 33.8 Å². The highest BCUT2D eigenvalue weighted by molar-refractivity contribution is 6.04. The van der Waals surface area contributed by atoms with Gasteiger partial charge in [0.05, 0.1) is 0 Å². The van der Waals surface area contributed by atoms with Crippen LogP contribution in [-0.4, -0.2) is 37.4 Å². The maximum atomic E-state index is 13.4. The van der Waals surface area contributed by atoms with Gasteiger partial charge in [-0.3, -0.25) is 9.59 Å². The summed E-state index contributed by atoms with van der Waals surface area (Å²) in [5.74, 6) is -0.750. The number of anilines is 2. The van der Waals surface area contributed by atoms with Gasteiger partial charge in [-0.2, -0.15) is 0 Å². The van der Waals surface area contributed by atoms with Gasteiger partial charge in [0.2, 0.25) is 5.91 Å². The second kappa shape index (κ2) is 9.74. The van der Waals surface area contributed by atoms with E-state index < -0.39 is 11.2 Å². The van der Waals surface area contributed by atoms with Crippen molar-refractivity contribution in [2.45, 2.75) is 40.7 Å². The molecule has 30 heavy (non-hydrogen) atoms. The Morgan fingerprint density at radius 3 is 2.33 bits per heavy atom. The molecule has 0 spiro atoms. The van der Waals surface area contributed by atoms with Gasteiger partial charge in [-0.25, -0.2) is 4.39 Å². The molecule has 0 saturated heterocycles. The van der Waals surface area contributed by atoms with Gasteiger partial charge < -0.3 is 15.1 Å². The molecule has 162 valence electrons. The standard InChI is InChI=1S/C24H32FN3O2/c1-7-13-28(23(30)24(2,3)4)16-18-15-20(11-12-21(18)27(5)6)26-22(29)17-9-8-10-19(25)14-17/h8-12,14-15H,7,13,16H2,1-6H3,(H,26,29). The number of hydrogen-bond donors (Lipinski definition) is 1. The van der Waals surface area contributed by atoms with Gasteiger partial charge in [0.1, 0.15) is 5.82 Å². The molecule has 0 aliphatic carbocycles. The number of carbonyl (C=O) groups excluding carboxylic acids is 2. The van der Waals surface area contributed by atoms with Crippen molar-refractivity contribution in [2.24, 2.45) is 5.41 Å². The zero-order valence-corrected chi connectivity index (χ0v) is 18.8. The zero-order chi connectivity index (χ0) is 22.5. The van der Waals surface area contributed by atoms with E-state index in [-0.39, 0.29) is 17.4 Å². The van der Waals surface area contributed by atoms with Gasteiger partial charge in [0.15, 0.2) is 0 Å².